The van der Waals surface area contributed by atoms with Crippen molar-refractivity contribution in [3.63, 3.8) is 0 Å². The van der Waals surface area contributed by atoms with E-state index >= 15 is 0 Å². The molecule has 0 spiro atoms. The quantitative estimate of drug-likeness (QED) is 0.222. The van der Waals surface area contributed by atoms with Gasteiger partial charge in [-0.3, -0.25) is 4.79 Å². The Morgan fingerprint density at radius 2 is 2.26 bits per heavy atom. The summed E-state index contributed by atoms with van der Waals surface area (Å²) in [4.78, 5) is 23.4. The fourth-order valence-corrected chi connectivity index (χ4v) is 6.16. The van der Waals surface area contributed by atoms with Gasteiger partial charge in [0.2, 0.25) is 5.78 Å². The van der Waals surface area contributed by atoms with Gasteiger partial charge in [0.1, 0.15) is 5.69 Å². The Kier molecular flexibility index (Phi) is 10.1. The molecule has 0 saturated heterocycles. The zero-order chi connectivity index (χ0) is 25.4. The Bertz CT molecular complexity index is 1000. The van der Waals surface area contributed by atoms with E-state index in [1.165, 1.54) is 4.91 Å². The number of nitrogens with zero attached hydrogens (tertiary/aromatic N) is 3. The summed E-state index contributed by atoms with van der Waals surface area (Å²) in [7, 11) is 1.94. The molecular weight excluding hydrogens is 460 g/mol. The molecular formula is C26H38N6O2S. The van der Waals surface area contributed by atoms with E-state index in [9.17, 15) is 10.1 Å². The number of ether oxygens (including phenoxy) is 1. The fraction of sp³-hybridized carbons (Fsp3) is 0.615. The Morgan fingerprint density at radius 1 is 1.46 bits per heavy atom. The first-order valence-corrected chi connectivity index (χ1v) is 13.5. The van der Waals surface area contributed by atoms with E-state index < -0.39 is 0 Å². The summed E-state index contributed by atoms with van der Waals surface area (Å²) in [6.07, 6.45) is 7.68. The van der Waals surface area contributed by atoms with Crippen LogP contribution in [0.5, 0.6) is 6.01 Å². The highest BCUT2D eigenvalue weighted by atomic mass is 32.2. The molecule has 9 heteroatoms. The number of carbonyl (C=O) groups excluding carboxylic acids is 1. The minimum atomic E-state index is -0.369. The largest absolute Gasteiger partial charge is 0.463 e. The first-order valence-electron chi connectivity index (χ1n) is 12.6. The van der Waals surface area contributed by atoms with Crippen molar-refractivity contribution in [1.29, 1.82) is 5.26 Å². The Balaban J connectivity index is 1.81. The second kappa shape index (κ2) is 13.1. The highest BCUT2D eigenvalue weighted by Crippen LogP contribution is 2.50. The molecule has 2 unspecified atom stereocenters. The van der Waals surface area contributed by atoms with Crippen molar-refractivity contribution in [1.82, 2.24) is 15.3 Å². The predicted molar refractivity (Wildman–Crippen MR) is 139 cm³/mol. The third kappa shape index (κ3) is 6.63. The van der Waals surface area contributed by atoms with Crippen molar-refractivity contribution in [2.24, 2.45) is 29.2 Å². The lowest BCUT2D eigenvalue weighted by atomic mass is 9.77. The third-order valence-electron chi connectivity index (χ3n) is 6.66. The molecule has 8 nitrogen and oxygen atoms in total. The van der Waals surface area contributed by atoms with Crippen LogP contribution in [0.4, 0.5) is 0 Å². The highest BCUT2D eigenvalue weighted by molar-refractivity contribution is 8.03. The lowest BCUT2D eigenvalue weighted by Crippen LogP contribution is -2.29. The van der Waals surface area contributed by atoms with Crippen LogP contribution >= 0.6 is 11.8 Å². The number of allylic oxidation sites excluding steroid dienone is 3. The van der Waals surface area contributed by atoms with Crippen LogP contribution in [0.3, 0.4) is 0 Å². The van der Waals surface area contributed by atoms with Gasteiger partial charge in [0.25, 0.3) is 0 Å². The van der Waals surface area contributed by atoms with Gasteiger partial charge in [0, 0.05) is 23.4 Å². The number of nitriles is 1. The van der Waals surface area contributed by atoms with Crippen LogP contribution in [-0.4, -0.2) is 41.3 Å². The summed E-state index contributed by atoms with van der Waals surface area (Å²) in [5, 5.41) is 12.6. The molecule has 1 aliphatic heterocycles. The molecule has 1 aliphatic carbocycles. The molecule has 3 rings (SSSR count). The molecule has 4 atom stereocenters. The third-order valence-corrected chi connectivity index (χ3v) is 7.93. The topological polar surface area (TPSA) is 140 Å². The van der Waals surface area contributed by atoms with Gasteiger partial charge in [-0.2, -0.15) is 10.2 Å². The van der Waals surface area contributed by atoms with Crippen molar-refractivity contribution in [2.45, 2.75) is 64.2 Å². The van der Waals surface area contributed by atoms with Gasteiger partial charge in [0.05, 0.1) is 24.0 Å². The maximum Gasteiger partial charge on any atom is 0.317 e. The smallest absolute Gasteiger partial charge is 0.317 e. The van der Waals surface area contributed by atoms with E-state index in [1.54, 1.807) is 24.0 Å². The number of ketones is 1. The van der Waals surface area contributed by atoms with Gasteiger partial charge in [-0.1, -0.05) is 20.3 Å². The normalized spacial score (nSPS) is 23.3. The van der Waals surface area contributed by atoms with Gasteiger partial charge >= 0.3 is 6.01 Å². The predicted octanol–water partition coefficient (Wildman–Crippen LogP) is 3.91. The van der Waals surface area contributed by atoms with Gasteiger partial charge in [-0.25, -0.2) is 4.98 Å². The molecule has 0 fully saturated rings. The number of carbonyl (C=O) groups is 1. The van der Waals surface area contributed by atoms with Crippen molar-refractivity contribution in [3.8, 4) is 12.1 Å². The maximum atomic E-state index is 13.6. The summed E-state index contributed by atoms with van der Waals surface area (Å²) in [5.74, 6) is -0.346. The van der Waals surface area contributed by atoms with E-state index in [-0.39, 0.29) is 34.7 Å². The molecule has 2 heterocycles. The molecule has 2 aliphatic rings. The van der Waals surface area contributed by atoms with Gasteiger partial charge in [-0.15, -0.1) is 11.8 Å². The number of nitrogens with one attached hydrogen (secondary N) is 1. The van der Waals surface area contributed by atoms with Crippen LogP contribution in [0.25, 0.3) is 0 Å². The number of rotatable bonds is 12. The summed E-state index contributed by atoms with van der Waals surface area (Å²) < 4.78 is 5.80. The maximum absolute atomic E-state index is 13.6. The zero-order valence-electron chi connectivity index (χ0n) is 21.0. The van der Waals surface area contributed by atoms with Crippen LogP contribution in [0, 0.1) is 29.1 Å². The highest BCUT2D eigenvalue weighted by Gasteiger charge is 2.41. The number of hydrogen-bond donors (Lipinski definition) is 3. The number of thioether (sulfide) groups is 1. The van der Waals surface area contributed by atoms with Crippen LogP contribution in [0.1, 0.15) is 69.3 Å². The van der Waals surface area contributed by atoms with Crippen molar-refractivity contribution in [2.75, 3.05) is 20.2 Å². The first-order chi connectivity index (χ1) is 16.9. The number of aromatic nitrogens is 2. The SMILES string of the molecule is CCCC(C(=O)c1ccnc(OC[C@@H](C)CCCNC)n1)=C(N)[C@H]1CCCC2=C1C(C#N)C(N)S2. The Labute approximate surface area is 213 Å². The van der Waals surface area contributed by atoms with E-state index in [1.807, 2.05) is 14.0 Å². The Morgan fingerprint density at radius 3 is 2.97 bits per heavy atom. The van der Waals surface area contributed by atoms with E-state index in [4.69, 9.17) is 16.2 Å². The molecule has 0 aromatic carbocycles. The molecule has 1 aromatic heterocycles. The van der Waals surface area contributed by atoms with Gasteiger partial charge in [-0.05, 0) is 74.6 Å². The molecule has 1 aromatic rings. The second-order valence-electron chi connectivity index (χ2n) is 9.41. The minimum absolute atomic E-state index is 0.133. The molecule has 0 radical (unpaired) electrons. The number of hydrogen-bond acceptors (Lipinski definition) is 9. The average Bonchev–Trinajstić information content (AvgIpc) is 3.20. The molecule has 5 N–H and O–H groups in total. The minimum Gasteiger partial charge on any atom is -0.463 e. The van der Waals surface area contributed by atoms with Crippen LogP contribution in [0.15, 0.2) is 34.0 Å². The van der Waals surface area contributed by atoms with Crippen molar-refractivity contribution in [3.05, 3.63) is 39.7 Å². The monoisotopic (exact) mass is 498 g/mol. The van der Waals surface area contributed by atoms with E-state index in [2.05, 4.69) is 28.3 Å². The Hall–Kier alpha value is -2.41. The number of nitrogens with two attached hydrogens (primary N) is 2. The summed E-state index contributed by atoms with van der Waals surface area (Å²) in [5.41, 5.74) is 15.4. The summed E-state index contributed by atoms with van der Waals surface area (Å²) in [6, 6.07) is 4.18. The molecule has 35 heavy (non-hydrogen) atoms. The first kappa shape index (κ1) is 27.2. The molecule has 190 valence electrons. The fourth-order valence-electron chi connectivity index (χ4n) is 4.82. The standard InChI is InChI=1S/C26H38N6O2S/c1-4-7-18(23(28)17-9-5-10-21-22(17)19(14-27)25(29)35-21)24(33)20-11-13-31-26(32-20)34-15-16(2)8-6-12-30-3/h11,13,16-17,19,25,30H,4-10,12,15,28-29H2,1-3H3/t16-,17-,19?,25?/m0/s1. The van der Waals surface area contributed by atoms with Crippen molar-refractivity contribution >= 4 is 17.5 Å². The lowest BCUT2D eigenvalue weighted by molar-refractivity contribution is 0.102. The average molecular weight is 499 g/mol. The van der Waals surface area contributed by atoms with Gasteiger partial charge in [0.15, 0.2) is 0 Å². The summed E-state index contributed by atoms with van der Waals surface area (Å²) >= 11 is 1.58. The molecule has 0 amide bonds. The van der Waals surface area contributed by atoms with Crippen LogP contribution in [0.2, 0.25) is 0 Å². The van der Waals surface area contributed by atoms with E-state index in [0.29, 0.717) is 30.2 Å². The van der Waals surface area contributed by atoms with E-state index in [0.717, 1.165) is 50.6 Å². The molecule has 0 saturated carbocycles. The second-order valence-corrected chi connectivity index (χ2v) is 10.7. The van der Waals surface area contributed by atoms with Gasteiger partial charge < -0.3 is 21.5 Å². The van der Waals surface area contributed by atoms with Crippen LogP contribution in [-0.2, 0) is 0 Å². The van der Waals surface area contributed by atoms with Crippen molar-refractivity contribution < 1.29 is 9.53 Å². The summed E-state index contributed by atoms with van der Waals surface area (Å²) in [6.45, 7) is 5.61. The number of Topliss-reactive ketones (excluding diaryl/α,β-unsaturated/α-hetero) is 1. The molecule has 0 bridgehead atoms. The lowest BCUT2D eigenvalue weighted by Gasteiger charge is -2.28. The zero-order valence-corrected chi connectivity index (χ0v) is 21.9. The van der Waals surface area contributed by atoms with Crippen LogP contribution < -0.4 is 21.5 Å².